The van der Waals surface area contributed by atoms with Gasteiger partial charge in [-0.05, 0) is 70.6 Å². The zero-order chi connectivity index (χ0) is 47.2. The minimum atomic E-state index is -0.770. The highest BCUT2D eigenvalue weighted by Crippen LogP contribution is 2.16. The van der Waals surface area contributed by atoms with Crippen LogP contribution in [0.5, 0.6) is 0 Å². The molecule has 382 valence electrons. The topological polar surface area (TPSA) is 78.9 Å². The fourth-order valence-electron chi connectivity index (χ4n) is 8.55. The smallest absolute Gasteiger partial charge is 0.306 e. The fraction of sp³-hybridized carbons (Fsp3) is 0.881. The van der Waals surface area contributed by atoms with Crippen molar-refractivity contribution in [2.24, 2.45) is 0 Å². The van der Waals surface area contributed by atoms with Gasteiger partial charge in [-0.2, -0.15) is 0 Å². The summed E-state index contributed by atoms with van der Waals surface area (Å²) < 4.78 is 16.9. The molecule has 6 nitrogen and oxygen atoms in total. The predicted molar refractivity (Wildman–Crippen MR) is 279 cm³/mol. The molecule has 0 aliphatic heterocycles. The Hall–Kier alpha value is -2.11. The van der Waals surface area contributed by atoms with Crippen LogP contribution in [0.1, 0.15) is 316 Å². The van der Waals surface area contributed by atoms with E-state index in [-0.39, 0.29) is 31.1 Å². The van der Waals surface area contributed by atoms with E-state index < -0.39 is 6.10 Å². The summed E-state index contributed by atoms with van der Waals surface area (Å²) in [5.41, 5.74) is 0. The van der Waals surface area contributed by atoms with E-state index in [1.165, 1.54) is 218 Å². The van der Waals surface area contributed by atoms with E-state index in [0.717, 1.165) is 57.8 Å². The molecular weight excluding hydrogens is 805 g/mol. The van der Waals surface area contributed by atoms with Crippen molar-refractivity contribution in [3.8, 4) is 0 Å². The maximum Gasteiger partial charge on any atom is 0.306 e. The van der Waals surface area contributed by atoms with Crippen LogP contribution in [0.2, 0.25) is 0 Å². The summed E-state index contributed by atoms with van der Waals surface area (Å²) >= 11 is 0. The van der Waals surface area contributed by atoms with Crippen LogP contribution in [0.15, 0.2) is 24.3 Å². The first kappa shape index (κ1) is 62.9. The fourth-order valence-corrected chi connectivity index (χ4v) is 8.55. The number of esters is 3. The first-order valence-corrected chi connectivity index (χ1v) is 28.8. The molecule has 1 atom stereocenters. The standard InChI is InChI=1S/C59H110O6/c1-4-7-10-13-16-19-22-25-28-29-32-34-37-40-43-46-49-52-58(61)64-55-56(65-59(62)53-50-47-44-41-38-35-31-27-24-21-18-15-12-9-6-3)54-63-57(60)51-48-45-42-39-36-33-30-26-23-20-17-14-11-8-5-2/h20,23,25,28,56H,4-19,21-22,24,26-27,29-55H2,1-3H3/b23-20-,28-25-/t56-/m0/s1. The van der Waals surface area contributed by atoms with Gasteiger partial charge in [0.25, 0.3) is 0 Å². The van der Waals surface area contributed by atoms with Gasteiger partial charge in [0.15, 0.2) is 6.10 Å². The third-order valence-electron chi connectivity index (χ3n) is 12.9. The molecule has 0 unspecified atom stereocenters. The Morgan fingerprint density at radius 3 is 0.785 bits per heavy atom. The van der Waals surface area contributed by atoms with Gasteiger partial charge in [0.05, 0.1) is 0 Å². The van der Waals surface area contributed by atoms with E-state index in [4.69, 9.17) is 14.2 Å². The Labute approximate surface area is 404 Å². The van der Waals surface area contributed by atoms with Gasteiger partial charge in [-0.15, -0.1) is 0 Å². The first-order valence-electron chi connectivity index (χ1n) is 28.8. The number of hydrogen-bond acceptors (Lipinski definition) is 6. The van der Waals surface area contributed by atoms with Crippen molar-refractivity contribution in [3.05, 3.63) is 24.3 Å². The van der Waals surface area contributed by atoms with Gasteiger partial charge < -0.3 is 14.2 Å². The van der Waals surface area contributed by atoms with Crippen LogP contribution >= 0.6 is 0 Å². The van der Waals surface area contributed by atoms with Crippen LogP contribution in [-0.2, 0) is 28.6 Å². The van der Waals surface area contributed by atoms with Crippen molar-refractivity contribution >= 4 is 17.9 Å². The van der Waals surface area contributed by atoms with Gasteiger partial charge in [0.1, 0.15) is 13.2 Å². The van der Waals surface area contributed by atoms with Crippen LogP contribution in [-0.4, -0.2) is 37.2 Å². The molecule has 0 spiro atoms. The van der Waals surface area contributed by atoms with Crippen LogP contribution in [0.4, 0.5) is 0 Å². The monoisotopic (exact) mass is 915 g/mol. The second-order valence-corrected chi connectivity index (χ2v) is 19.6. The van der Waals surface area contributed by atoms with Gasteiger partial charge in [-0.25, -0.2) is 0 Å². The van der Waals surface area contributed by atoms with Gasteiger partial charge in [0.2, 0.25) is 0 Å². The molecule has 0 aliphatic carbocycles. The third kappa shape index (κ3) is 52.7. The predicted octanol–water partition coefficient (Wildman–Crippen LogP) is 19.1. The third-order valence-corrected chi connectivity index (χ3v) is 12.9. The summed E-state index contributed by atoms with van der Waals surface area (Å²) in [6.07, 6.45) is 63.0. The normalized spacial score (nSPS) is 12.1. The van der Waals surface area contributed by atoms with Crippen LogP contribution in [0.25, 0.3) is 0 Å². The summed E-state index contributed by atoms with van der Waals surface area (Å²) in [5.74, 6) is -0.859. The maximum atomic E-state index is 12.8. The highest BCUT2D eigenvalue weighted by molar-refractivity contribution is 5.71. The SMILES string of the molecule is CCCCCC/C=C\CCCCCCCCCC(=O)OC[C@@H](COC(=O)CCCCCCCCC/C=C\CCCCCCCC)OC(=O)CCCCCCCCCCCCCCCCC. The van der Waals surface area contributed by atoms with Gasteiger partial charge in [-0.1, -0.05) is 251 Å². The lowest BCUT2D eigenvalue weighted by Gasteiger charge is -2.18. The molecule has 6 heteroatoms. The second-order valence-electron chi connectivity index (χ2n) is 19.6. The highest BCUT2D eigenvalue weighted by atomic mass is 16.6. The van der Waals surface area contributed by atoms with Crippen LogP contribution in [0, 0.1) is 0 Å². The van der Waals surface area contributed by atoms with Gasteiger partial charge in [-0.3, -0.25) is 14.4 Å². The lowest BCUT2D eigenvalue weighted by atomic mass is 10.0. The van der Waals surface area contributed by atoms with Crippen molar-refractivity contribution in [1.82, 2.24) is 0 Å². The molecule has 0 aromatic heterocycles. The Balaban J connectivity index is 4.34. The molecule has 0 bridgehead atoms. The minimum absolute atomic E-state index is 0.0706. The van der Waals surface area contributed by atoms with E-state index in [2.05, 4.69) is 45.1 Å². The molecule has 0 aromatic rings. The number of ether oxygens (including phenoxy) is 3. The van der Waals surface area contributed by atoms with E-state index in [0.29, 0.717) is 19.3 Å². The largest absolute Gasteiger partial charge is 0.462 e. The van der Waals surface area contributed by atoms with Crippen LogP contribution in [0.3, 0.4) is 0 Å². The maximum absolute atomic E-state index is 12.8. The van der Waals surface area contributed by atoms with Crippen molar-refractivity contribution in [1.29, 1.82) is 0 Å². The summed E-state index contributed by atoms with van der Waals surface area (Å²) in [6.45, 7) is 6.66. The molecule has 0 aliphatic rings. The van der Waals surface area contributed by atoms with Gasteiger partial charge >= 0.3 is 17.9 Å². The molecule has 0 N–H and O–H groups in total. The molecule has 0 radical (unpaired) electrons. The Kier molecular flexibility index (Phi) is 52.7. The summed E-state index contributed by atoms with van der Waals surface area (Å²) in [6, 6.07) is 0. The lowest BCUT2D eigenvalue weighted by molar-refractivity contribution is -0.167. The molecule has 0 fully saturated rings. The average Bonchev–Trinajstić information content (AvgIpc) is 3.30. The van der Waals surface area contributed by atoms with Crippen molar-refractivity contribution in [2.45, 2.75) is 322 Å². The zero-order valence-corrected chi connectivity index (χ0v) is 43.8. The molecular formula is C59H110O6. The Morgan fingerprint density at radius 2 is 0.508 bits per heavy atom. The van der Waals surface area contributed by atoms with E-state index in [9.17, 15) is 14.4 Å². The number of rotatable bonds is 53. The minimum Gasteiger partial charge on any atom is -0.462 e. The zero-order valence-electron chi connectivity index (χ0n) is 43.8. The Morgan fingerprint density at radius 1 is 0.292 bits per heavy atom. The number of unbranched alkanes of at least 4 members (excludes halogenated alkanes) is 38. The van der Waals surface area contributed by atoms with Crippen molar-refractivity contribution < 1.29 is 28.6 Å². The van der Waals surface area contributed by atoms with E-state index >= 15 is 0 Å². The number of hydrogen-bond donors (Lipinski definition) is 0. The Bertz CT molecular complexity index is 1050. The average molecular weight is 916 g/mol. The van der Waals surface area contributed by atoms with E-state index in [1.54, 1.807) is 0 Å². The summed E-state index contributed by atoms with van der Waals surface area (Å²) in [7, 11) is 0. The molecule has 0 aromatic carbocycles. The summed E-state index contributed by atoms with van der Waals surface area (Å²) in [4.78, 5) is 38.1. The second kappa shape index (κ2) is 54.5. The van der Waals surface area contributed by atoms with Gasteiger partial charge in [0, 0.05) is 19.3 Å². The van der Waals surface area contributed by atoms with Crippen molar-refractivity contribution in [2.75, 3.05) is 13.2 Å². The molecule has 0 amide bonds. The molecule has 0 saturated carbocycles. The lowest BCUT2D eigenvalue weighted by Crippen LogP contribution is -2.30. The molecule has 0 saturated heterocycles. The molecule has 0 rings (SSSR count). The van der Waals surface area contributed by atoms with Crippen molar-refractivity contribution in [3.63, 3.8) is 0 Å². The van der Waals surface area contributed by atoms with Crippen LogP contribution < -0.4 is 0 Å². The number of carbonyl (C=O) groups is 3. The molecule has 65 heavy (non-hydrogen) atoms. The first-order chi connectivity index (χ1) is 32.0. The molecule has 0 heterocycles. The quantitative estimate of drug-likeness (QED) is 0.0262. The highest BCUT2D eigenvalue weighted by Gasteiger charge is 2.19. The number of allylic oxidation sites excluding steroid dienone is 4. The van der Waals surface area contributed by atoms with E-state index in [1.807, 2.05) is 0 Å². The number of carbonyl (C=O) groups excluding carboxylic acids is 3. The summed E-state index contributed by atoms with van der Waals surface area (Å²) in [5, 5.41) is 0.